The summed E-state index contributed by atoms with van der Waals surface area (Å²) in [6, 6.07) is 0.993. The standard InChI is InChI=1S/C15H24N4S/c16-12-5-1-6-13-14(12)20-15(17-13)19-9-3-8-18-7-2-4-11(18)10-19/h11-12H,1-10,16H2. The van der Waals surface area contributed by atoms with Gasteiger partial charge >= 0.3 is 0 Å². The van der Waals surface area contributed by atoms with Gasteiger partial charge < -0.3 is 10.6 Å². The number of hydrogen-bond donors (Lipinski definition) is 1. The quantitative estimate of drug-likeness (QED) is 0.861. The highest BCUT2D eigenvalue weighted by atomic mass is 32.1. The molecule has 2 N–H and O–H groups in total. The van der Waals surface area contributed by atoms with Crippen molar-refractivity contribution in [2.24, 2.45) is 5.73 Å². The Bertz CT molecular complexity index is 486. The molecule has 4 nitrogen and oxygen atoms in total. The third kappa shape index (κ3) is 2.26. The van der Waals surface area contributed by atoms with Crippen LogP contribution in [0.2, 0.25) is 0 Å². The van der Waals surface area contributed by atoms with Crippen LogP contribution in [-0.2, 0) is 6.42 Å². The van der Waals surface area contributed by atoms with E-state index >= 15 is 0 Å². The number of thiazole rings is 1. The number of nitrogens with two attached hydrogens (primary N) is 1. The first kappa shape index (κ1) is 13.0. The maximum absolute atomic E-state index is 6.25. The Morgan fingerprint density at radius 1 is 1.10 bits per heavy atom. The molecule has 0 saturated carbocycles. The van der Waals surface area contributed by atoms with Crippen LogP contribution >= 0.6 is 11.3 Å². The minimum Gasteiger partial charge on any atom is -0.346 e. The molecule has 3 aliphatic rings. The monoisotopic (exact) mass is 292 g/mol. The number of rotatable bonds is 1. The molecule has 1 aromatic rings. The molecular formula is C15H24N4S. The van der Waals surface area contributed by atoms with E-state index in [2.05, 4.69) is 9.80 Å². The maximum atomic E-state index is 6.25. The van der Waals surface area contributed by atoms with Gasteiger partial charge in [0, 0.05) is 36.6 Å². The Balaban J connectivity index is 1.57. The first-order chi connectivity index (χ1) is 9.81. The van der Waals surface area contributed by atoms with E-state index in [1.54, 1.807) is 0 Å². The molecular weight excluding hydrogens is 268 g/mol. The van der Waals surface area contributed by atoms with Gasteiger partial charge in [-0.25, -0.2) is 4.98 Å². The highest BCUT2D eigenvalue weighted by Gasteiger charge is 2.31. The number of aryl methyl sites for hydroxylation is 1. The normalized spacial score (nSPS) is 30.9. The molecule has 1 aromatic heterocycles. The van der Waals surface area contributed by atoms with E-state index in [1.807, 2.05) is 11.3 Å². The molecule has 5 heteroatoms. The predicted molar refractivity (Wildman–Crippen MR) is 83.4 cm³/mol. The molecule has 2 saturated heterocycles. The Labute approximate surface area is 125 Å². The fourth-order valence-corrected chi connectivity index (χ4v) is 5.14. The Hall–Kier alpha value is -0.650. The molecule has 1 aliphatic carbocycles. The minimum atomic E-state index is 0.236. The lowest BCUT2D eigenvalue weighted by Gasteiger charge is -2.25. The van der Waals surface area contributed by atoms with Crippen molar-refractivity contribution in [3.8, 4) is 0 Å². The molecule has 2 fully saturated rings. The van der Waals surface area contributed by atoms with Crippen LogP contribution in [0.1, 0.15) is 48.7 Å². The molecule has 0 aromatic carbocycles. The van der Waals surface area contributed by atoms with Crippen LogP contribution in [-0.4, -0.2) is 42.1 Å². The highest BCUT2D eigenvalue weighted by Crippen LogP contribution is 2.37. The van der Waals surface area contributed by atoms with Crippen LogP contribution in [0.25, 0.3) is 0 Å². The predicted octanol–water partition coefficient (Wildman–Crippen LogP) is 2.15. The molecule has 0 bridgehead atoms. The molecule has 20 heavy (non-hydrogen) atoms. The summed E-state index contributed by atoms with van der Waals surface area (Å²) in [5, 5.41) is 1.24. The number of aromatic nitrogens is 1. The van der Waals surface area contributed by atoms with Crippen molar-refractivity contribution in [3.05, 3.63) is 10.6 Å². The maximum Gasteiger partial charge on any atom is 0.185 e. The third-order valence-electron chi connectivity index (χ3n) is 5.06. The second-order valence-electron chi connectivity index (χ2n) is 6.44. The van der Waals surface area contributed by atoms with Gasteiger partial charge in [-0.3, -0.25) is 4.90 Å². The number of fused-ring (bicyclic) bond motifs is 2. The second-order valence-corrected chi connectivity index (χ2v) is 7.45. The SMILES string of the molecule is NC1CCCc2nc(N3CCCN4CCCC4C3)sc21. The Morgan fingerprint density at radius 3 is 2.90 bits per heavy atom. The van der Waals surface area contributed by atoms with Gasteiger partial charge in [0.2, 0.25) is 0 Å². The first-order valence-corrected chi connectivity index (χ1v) is 8.87. The zero-order chi connectivity index (χ0) is 13.5. The summed E-state index contributed by atoms with van der Waals surface area (Å²) in [6.07, 6.45) is 7.47. The van der Waals surface area contributed by atoms with E-state index in [1.165, 1.54) is 61.0 Å². The number of hydrogen-bond acceptors (Lipinski definition) is 5. The topological polar surface area (TPSA) is 45.4 Å². The molecule has 4 rings (SSSR count). The summed E-state index contributed by atoms with van der Waals surface area (Å²) in [7, 11) is 0. The van der Waals surface area contributed by atoms with Crippen LogP contribution < -0.4 is 10.6 Å². The largest absolute Gasteiger partial charge is 0.346 e. The molecule has 110 valence electrons. The number of nitrogens with zero attached hydrogens (tertiary/aromatic N) is 3. The molecule has 0 amide bonds. The van der Waals surface area contributed by atoms with Gasteiger partial charge in [-0.05, 0) is 45.1 Å². The summed E-state index contributed by atoms with van der Waals surface area (Å²) in [4.78, 5) is 11.5. The highest BCUT2D eigenvalue weighted by molar-refractivity contribution is 7.15. The van der Waals surface area contributed by atoms with E-state index in [-0.39, 0.29) is 6.04 Å². The van der Waals surface area contributed by atoms with Gasteiger partial charge in [-0.15, -0.1) is 0 Å². The molecule has 3 heterocycles. The second kappa shape index (κ2) is 5.28. The van der Waals surface area contributed by atoms with Crippen molar-refractivity contribution >= 4 is 16.5 Å². The van der Waals surface area contributed by atoms with E-state index in [4.69, 9.17) is 10.7 Å². The van der Waals surface area contributed by atoms with Gasteiger partial charge in [0.1, 0.15) is 0 Å². The van der Waals surface area contributed by atoms with Gasteiger partial charge in [0.25, 0.3) is 0 Å². The van der Waals surface area contributed by atoms with Gasteiger partial charge in [-0.1, -0.05) is 11.3 Å². The summed E-state index contributed by atoms with van der Waals surface area (Å²) < 4.78 is 0. The van der Waals surface area contributed by atoms with E-state index in [9.17, 15) is 0 Å². The van der Waals surface area contributed by atoms with Crippen LogP contribution in [0.15, 0.2) is 0 Å². The molecule has 2 unspecified atom stereocenters. The third-order valence-corrected chi connectivity index (χ3v) is 6.35. The van der Waals surface area contributed by atoms with Crippen molar-refractivity contribution in [1.29, 1.82) is 0 Å². The van der Waals surface area contributed by atoms with Crippen LogP contribution in [0.5, 0.6) is 0 Å². The first-order valence-electron chi connectivity index (χ1n) is 8.05. The fourth-order valence-electron chi connectivity index (χ4n) is 3.96. The Kier molecular flexibility index (Phi) is 3.44. The molecule has 2 aliphatic heterocycles. The van der Waals surface area contributed by atoms with Crippen molar-refractivity contribution in [2.75, 3.05) is 31.1 Å². The van der Waals surface area contributed by atoms with Gasteiger partial charge in [-0.2, -0.15) is 0 Å². The van der Waals surface area contributed by atoms with Crippen molar-refractivity contribution in [1.82, 2.24) is 9.88 Å². The zero-order valence-electron chi connectivity index (χ0n) is 12.1. The lowest BCUT2D eigenvalue weighted by Crippen LogP contribution is -2.36. The lowest BCUT2D eigenvalue weighted by atomic mass is 9.99. The molecule has 2 atom stereocenters. The van der Waals surface area contributed by atoms with E-state index in [0.29, 0.717) is 0 Å². The van der Waals surface area contributed by atoms with Crippen molar-refractivity contribution < 1.29 is 0 Å². The summed E-state index contributed by atoms with van der Waals surface area (Å²) in [6.45, 7) is 4.90. The molecule has 0 spiro atoms. The van der Waals surface area contributed by atoms with Crippen molar-refractivity contribution in [2.45, 2.75) is 50.6 Å². The summed E-state index contributed by atoms with van der Waals surface area (Å²) in [5.41, 5.74) is 7.54. The molecule has 0 radical (unpaired) electrons. The summed E-state index contributed by atoms with van der Waals surface area (Å²) >= 11 is 1.86. The van der Waals surface area contributed by atoms with Crippen LogP contribution in [0.3, 0.4) is 0 Å². The fraction of sp³-hybridized carbons (Fsp3) is 0.800. The average Bonchev–Trinajstić information content (AvgIpc) is 3.02. The Morgan fingerprint density at radius 2 is 2.00 bits per heavy atom. The van der Waals surface area contributed by atoms with Crippen molar-refractivity contribution in [3.63, 3.8) is 0 Å². The van der Waals surface area contributed by atoms with Gasteiger partial charge in [0.15, 0.2) is 5.13 Å². The smallest absolute Gasteiger partial charge is 0.185 e. The minimum absolute atomic E-state index is 0.236. The van der Waals surface area contributed by atoms with Crippen LogP contribution in [0, 0.1) is 0 Å². The van der Waals surface area contributed by atoms with Crippen LogP contribution in [0.4, 0.5) is 5.13 Å². The zero-order valence-corrected chi connectivity index (χ0v) is 12.9. The van der Waals surface area contributed by atoms with E-state index < -0.39 is 0 Å². The number of anilines is 1. The average molecular weight is 292 g/mol. The van der Waals surface area contributed by atoms with Gasteiger partial charge in [0.05, 0.1) is 5.69 Å². The summed E-state index contributed by atoms with van der Waals surface area (Å²) in [5.74, 6) is 0. The van der Waals surface area contributed by atoms with E-state index in [0.717, 1.165) is 25.4 Å². The lowest BCUT2D eigenvalue weighted by molar-refractivity contribution is 0.273.